The van der Waals surface area contributed by atoms with Gasteiger partial charge in [-0.05, 0) is 12.3 Å². The smallest absolute Gasteiger partial charge is 0.242 e. The Morgan fingerprint density at radius 1 is 1.64 bits per heavy atom. The highest BCUT2D eigenvalue weighted by Crippen LogP contribution is 2.09. The fourth-order valence-electron chi connectivity index (χ4n) is 0.970. The number of amides is 1. The van der Waals surface area contributed by atoms with Crippen molar-refractivity contribution in [3.05, 3.63) is 0 Å². The van der Waals surface area contributed by atoms with Crippen LogP contribution in [0.3, 0.4) is 0 Å². The lowest BCUT2D eigenvalue weighted by Crippen LogP contribution is -2.18. The third-order valence-corrected chi connectivity index (χ3v) is 1.55. The van der Waals surface area contributed by atoms with E-state index < -0.39 is 0 Å². The summed E-state index contributed by atoms with van der Waals surface area (Å²) in [7, 11) is 0. The van der Waals surface area contributed by atoms with E-state index in [2.05, 4.69) is 5.10 Å². The average molecular weight is 154 g/mol. The Balaban J connectivity index is 2.42. The molecule has 0 spiro atoms. The van der Waals surface area contributed by atoms with Gasteiger partial charge >= 0.3 is 0 Å². The zero-order valence-electron chi connectivity index (χ0n) is 7.08. The first-order valence-electron chi connectivity index (χ1n) is 4.04. The largest absolute Gasteiger partial charge is 0.273 e. The molecular formula is C8H14N2O. The van der Waals surface area contributed by atoms with Gasteiger partial charge in [0.1, 0.15) is 0 Å². The van der Waals surface area contributed by atoms with Gasteiger partial charge in [0.15, 0.2) is 0 Å². The van der Waals surface area contributed by atoms with Gasteiger partial charge in [-0.1, -0.05) is 13.8 Å². The van der Waals surface area contributed by atoms with Gasteiger partial charge in [-0.2, -0.15) is 5.10 Å². The first-order valence-corrected chi connectivity index (χ1v) is 4.04. The van der Waals surface area contributed by atoms with Crippen molar-refractivity contribution >= 4 is 12.1 Å². The molecule has 0 bridgehead atoms. The highest BCUT2D eigenvalue weighted by atomic mass is 16.2. The first kappa shape index (κ1) is 8.24. The highest BCUT2D eigenvalue weighted by Gasteiger charge is 2.18. The van der Waals surface area contributed by atoms with E-state index in [1.807, 2.05) is 20.1 Å². The molecule has 0 unspecified atom stereocenters. The lowest BCUT2D eigenvalue weighted by Gasteiger charge is -2.07. The van der Waals surface area contributed by atoms with Crippen LogP contribution in [0.25, 0.3) is 0 Å². The number of carbonyl (C=O) groups excluding carboxylic acids is 1. The van der Waals surface area contributed by atoms with E-state index in [4.69, 9.17) is 0 Å². The van der Waals surface area contributed by atoms with Crippen molar-refractivity contribution in [2.75, 3.05) is 6.54 Å². The first-order chi connectivity index (χ1) is 5.20. The number of hydrogen-bond acceptors (Lipinski definition) is 2. The Bertz CT molecular complexity index is 175. The number of rotatable bonds is 2. The molecule has 0 N–H and O–H groups in total. The molecule has 11 heavy (non-hydrogen) atoms. The predicted molar refractivity (Wildman–Crippen MR) is 44.3 cm³/mol. The zero-order valence-corrected chi connectivity index (χ0v) is 7.08. The van der Waals surface area contributed by atoms with E-state index in [0.717, 1.165) is 13.0 Å². The van der Waals surface area contributed by atoms with Crippen molar-refractivity contribution in [3.63, 3.8) is 0 Å². The van der Waals surface area contributed by atoms with Gasteiger partial charge in [0.25, 0.3) is 0 Å². The molecule has 0 radical (unpaired) electrons. The van der Waals surface area contributed by atoms with Crippen LogP contribution in [-0.2, 0) is 4.79 Å². The second-order valence-corrected chi connectivity index (χ2v) is 3.13. The topological polar surface area (TPSA) is 32.7 Å². The summed E-state index contributed by atoms with van der Waals surface area (Å²) in [4.78, 5) is 11.0. The number of hydrazone groups is 1. The van der Waals surface area contributed by atoms with Crippen molar-refractivity contribution in [3.8, 4) is 0 Å². The summed E-state index contributed by atoms with van der Waals surface area (Å²) in [6.07, 6.45) is 3.42. The second kappa shape index (κ2) is 3.51. The van der Waals surface area contributed by atoms with Crippen LogP contribution in [0, 0.1) is 5.92 Å². The third kappa shape index (κ3) is 2.33. The Morgan fingerprint density at radius 3 is 2.82 bits per heavy atom. The van der Waals surface area contributed by atoms with E-state index >= 15 is 0 Å². The molecule has 1 aliphatic rings. The van der Waals surface area contributed by atoms with E-state index in [1.54, 1.807) is 5.01 Å². The van der Waals surface area contributed by atoms with Crippen molar-refractivity contribution in [1.82, 2.24) is 5.01 Å². The van der Waals surface area contributed by atoms with Crippen molar-refractivity contribution in [2.24, 2.45) is 11.0 Å². The minimum Gasteiger partial charge on any atom is -0.273 e. The predicted octanol–water partition coefficient (Wildman–Crippen LogP) is 1.25. The van der Waals surface area contributed by atoms with Gasteiger partial charge in [0.2, 0.25) is 5.91 Å². The normalized spacial score (nSPS) is 19.2. The van der Waals surface area contributed by atoms with Gasteiger partial charge in [-0.3, -0.25) is 4.79 Å². The standard InChI is InChI=1S/C8H14N2O/c1-7(2)6-9-10-5-3-4-8(10)11/h6-7H,3-5H2,1-2H3/b9-6+. The molecule has 3 nitrogen and oxygen atoms in total. The monoisotopic (exact) mass is 154 g/mol. The molecule has 3 heteroatoms. The van der Waals surface area contributed by atoms with E-state index in [-0.39, 0.29) is 5.91 Å². The Kier molecular flexibility index (Phi) is 2.63. The number of carbonyl (C=O) groups is 1. The van der Waals surface area contributed by atoms with Crippen molar-refractivity contribution in [1.29, 1.82) is 0 Å². The van der Waals surface area contributed by atoms with Crippen LogP contribution in [0.4, 0.5) is 0 Å². The summed E-state index contributed by atoms with van der Waals surface area (Å²) in [5.74, 6) is 0.574. The molecular weight excluding hydrogens is 140 g/mol. The van der Waals surface area contributed by atoms with Gasteiger partial charge in [0, 0.05) is 19.2 Å². The van der Waals surface area contributed by atoms with Crippen LogP contribution in [0.2, 0.25) is 0 Å². The molecule has 0 atom stereocenters. The van der Waals surface area contributed by atoms with Gasteiger partial charge in [-0.25, -0.2) is 5.01 Å². The lowest BCUT2D eigenvalue weighted by molar-refractivity contribution is -0.127. The SMILES string of the molecule is CC(C)/C=N/N1CCCC1=O. The quantitative estimate of drug-likeness (QED) is 0.551. The Morgan fingerprint density at radius 2 is 2.36 bits per heavy atom. The summed E-state index contributed by atoms with van der Waals surface area (Å²) in [5.41, 5.74) is 0. The average Bonchev–Trinajstić information content (AvgIpc) is 2.31. The summed E-state index contributed by atoms with van der Waals surface area (Å²) in [6.45, 7) is 4.89. The Hall–Kier alpha value is -0.860. The van der Waals surface area contributed by atoms with Crippen LogP contribution in [-0.4, -0.2) is 23.7 Å². The maximum Gasteiger partial charge on any atom is 0.242 e. The molecule has 1 amide bonds. The third-order valence-electron chi connectivity index (χ3n) is 1.55. The number of hydrogen-bond donors (Lipinski definition) is 0. The van der Waals surface area contributed by atoms with Gasteiger partial charge < -0.3 is 0 Å². The Labute approximate surface area is 67.1 Å². The summed E-state index contributed by atoms with van der Waals surface area (Å²) < 4.78 is 0. The van der Waals surface area contributed by atoms with Crippen LogP contribution < -0.4 is 0 Å². The minimum absolute atomic E-state index is 0.155. The maximum absolute atomic E-state index is 11.0. The fourth-order valence-corrected chi connectivity index (χ4v) is 0.970. The molecule has 1 fully saturated rings. The molecule has 0 aromatic heterocycles. The molecule has 1 aliphatic heterocycles. The minimum atomic E-state index is 0.155. The maximum atomic E-state index is 11.0. The molecule has 0 aliphatic carbocycles. The number of nitrogens with zero attached hydrogens (tertiary/aromatic N) is 2. The molecule has 1 heterocycles. The van der Waals surface area contributed by atoms with Gasteiger partial charge in [-0.15, -0.1) is 0 Å². The van der Waals surface area contributed by atoms with E-state index in [0.29, 0.717) is 12.3 Å². The van der Waals surface area contributed by atoms with Crippen LogP contribution in [0.15, 0.2) is 5.10 Å². The molecule has 62 valence electrons. The second-order valence-electron chi connectivity index (χ2n) is 3.13. The molecule has 1 saturated heterocycles. The summed E-state index contributed by atoms with van der Waals surface area (Å²) in [6, 6.07) is 0. The summed E-state index contributed by atoms with van der Waals surface area (Å²) in [5, 5.41) is 5.62. The van der Waals surface area contributed by atoms with Crippen molar-refractivity contribution in [2.45, 2.75) is 26.7 Å². The van der Waals surface area contributed by atoms with Crippen LogP contribution in [0.5, 0.6) is 0 Å². The van der Waals surface area contributed by atoms with E-state index in [1.165, 1.54) is 0 Å². The molecule has 0 saturated carbocycles. The van der Waals surface area contributed by atoms with Gasteiger partial charge in [0.05, 0.1) is 0 Å². The van der Waals surface area contributed by atoms with E-state index in [9.17, 15) is 4.79 Å². The molecule has 1 rings (SSSR count). The summed E-state index contributed by atoms with van der Waals surface area (Å²) >= 11 is 0. The molecule has 0 aromatic rings. The van der Waals surface area contributed by atoms with Crippen LogP contribution in [0.1, 0.15) is 26.7 Å². The zero-order chi connectivity index (χ0) is 8.27. The fraction of sp³-hybridized carbons (Fsp3) is 0.750. The van der Waals surface area contributed by atoms with Crippen LogP contribution >= 0.6 is 0 Å². The van der Waals surface area contributed by atoms with Crippen molar-refractivity contribution < 1.29 is 4.79 Å². The highest BCUT2D eigenvalue weighted by molar-refractivity contribution is 5.78. The lowest BCUT2D eigenvalue weighted by atomic mass is 10.3. The molecule has 0 aromatic carbocycles.